The van der Waals surface area contributed by atoms with E-state index in [1.165, 1.54) is 14.2 Å². The molecule has 7 heteroatoms. The van der Waals surface area contributed by atoms with Crippen LogP contribution in [0.1, 0.15) is 18.1 Å². The maximum Gasteiger partial charge on any atom is 0.340 e. The predicted molar refractivity (Wildman–Crippen MR) is 88.7 cm³/mol. The normalized spacial score (nSPS) is 12.0. The maximum atomic E-state index is 12.3. The second kappa shape index (κ2) is 7.35. The Morgan fingerprint density at radius 2 is 2.04 bits per heavy atom. The minimum atomic E-state index is -0.653. The Morgan fingerprint density at radius 1 is 1.33 bits per heavy atom. The molecule has 1 amide bonds. The molecule has 0 radical (unpaired) electrons. The summed E-state index contributed by atoms with van der Waals surface area (Å²) in [5, 5.41) is 12.4. The van der Waals surface area contributed by atoms with E-state index >= 15 is 0 Å². The first-order valence-electron chi connectivity index (χ1n) is 7.51. The third-order valence-electron chi connectivity index (χ3n) is 3.73. The predicted octanol–water partition coefficient (Wildman–Crippen LogP) is 1.16. The van der Waals surface area contributed by atoms with Gasteiger partial charge in [-0.1, -0.05) is 0 Å². The van der Waals surface area contributed by atoms with Crippen molar-refractivity contribution in [3.63, 3.8) is 0 Å². The molecule has 24 heavy (non-hydrogen) atoms. The molecular formula is C17H21NO6. The van der Waals surface area contributed by atoms with Crippen molar-refractivity contribution in [1.82, 2.24) is 5.32 Å². The van der Waals surface area contributed by atoms with E-state index in [9.17, 15) is 14.7 Å². The molecular weight excluding hydrogens is 314 g/mol. The lowest BCUT2D eigenvalue weighted by Gasteiger charge is -2.13. The number of carbonyl (C=O) groups excluding carboxylic acids is 1. The first-order valence-corrected chi connectivity index (χ1v) is 7.51. The highest BCUT2D eigenvalue weighted by molar-refractivity contribution is 5.89. The summed E-state index contributed by atoms with van der Waals surface area (Å²) < 4.78 is 15.9. The van der Waals surface area contributed by atoms with Crippen molar-refractivity contribution in [1.29, 1.82) is 0 Å². The first kappa shape index (κ1) is 17.8. The summed E-state index contributed by atoms with van der Waals surface area (Å²) in [5.41, 5.74) is 0.610. The number of methoxy groups -OCH3 is 2. The molecule has 0 aliphatic carbocycles. The minimum Gasteiger partial charge on any atom is -0.493 e. The fraction of sp³-hybridized carbons (Fsp3) is 0.412. The Labute approximate surface area is 139 Å². The van der Waals surface area contributed by atoms with E-state index in [0.29, 0.717) is 22.4 Å². The van der Waals surface area contributed by atoms with Crippen LogP contribution in [0.25, 0.3) is 11.0 Å². The highest BCUT2D eigenvalue weighted by Crippen LogP contribution is 2.36. The summed E-state index contributed by atoms with van der Waals surface area (Å²) in [6.07, 6.45) is -0.773. The van der Waals surface area contributed by atoms with Crippen molar-refractivity contribution in [2.45, 2.75) is 26.4 Å². The Morgan fingerprint density at radius 3 is 2.62 bits per heavy atom. The lowest BCUT2D eigenvalue weighted by atomic mass is 10.0. The monoisotopic (exact) mass is 335 g/mol. The average Bonchev–Trinajstić information content (AvgIpc) is 2.55. The number of aliphatic hydroxyl groups excluding tert-OH is 1. The van der Waals surface area contributed by atoms with Gasteiger partial charge in [0.25, 0.3) is 0 Å². The summed E-state index contributed by atoms with van der Waals surface area (Å²) in [7, 11) is 2.96. The molecule has 0 aliphatic heterocycles. The second-order valence-corrected chi connectivity index (χ2v) is 5.50. The van der Waals surface area contributed by atoms with Crippen molar-refractivity contribution in [3.8, 4) is 11.5 Å². The van der Waals surface area contributed by atoms with Crippen LogP contribution < -0.4 is 20.4 Å². The molecule has 0 bridgehead atoms. The van der Waals surface area contributed by atoms with Gasteiger partial charge < -0.3 is 24.3 Å². The lowest BCUT2D eigenvalue weighted by Crippen LogP contribution is -2.33. The molecule has 0 saturated carbocycles. The van der Waals surface area contributed by atoms with Crippen molar-refractivity contribution in [3.05, 3.63) is 33.7 Å². The number of benzene rings is 1. The molecule has 0 unspecified atom stereocenters. The van der Waals surface area contributed by atoms with E-state index in [1.54, 1.807) is 26.0 Å². The van der Waals surface area contributed by atoms with Crippen LogP contribution in [0.3, 0.4) is 0 Å². The number of hydrogen-bond acceptors (Lipinski definition) is 6. The number of nitrogens with one attached hydrogen (secondary N) is 1. The van der Waals surface area contributed by atoms with Crippen LogP contribution in [0.15, 0.2) is 21.3 Å². The van der Waals surface area contributed by atoms with Crippen molar-refractivity contribution in [2.75, 3.05) is 20.8 Å². The van der Waals surface area contributed by atoms with Gasteiger partial charge in [0.2, 0.25) is 11.7 Å². The zero-order valence-electron chi connectivity index (χ0n) is 14.1. The Kier molecular flexibility index (Phi) is 5.46. The number of carbonyl (C=O) groups is 1. The zero-order chi connectivity index (χ0) is 17.9. The molecule has 130 valence electrons. The van der Waals surface area contributed by atoms with E-state index in [4.69, 9.17) is 13.9 Å². The fourth-order valence-corrected chi connectivity index (χ4v) is 2.45. The van der Waals surface area contributed by atoms with Crippen LogP contribution in [0.4, 0.5) is 0 Å². The highest BCUT2D eigenvalue weighted by atomic mass is 16.5. The fourth-order valence-electron chi connectivity index (χ4n) is 2.45. The Bertz CT molecular complexity index is 809. The number of aryl methyl sites for hydroxylation is 1. The van der Waals surface area contributed by atoms with E-state index < -0.39 is 11.7 Å². The van der Waals surface area contributed by atoms with Gasteiger partial charge in [0.05, 0.1) is 32.3 Å². The van der Waals surface area contributed by atoms with Crippen LogP contribution in [0.5, 0.6) is 11.5 Å². The quantitative estimate of drug-likeness (QED) is 0.769. The molecule has 7 nitrogen and oxygen atoms in total. The number of rotatable bonds is 6. The number of hydrogen-bond donors (Lipinski definition) is 2. The Hall–Kier alpha value is -2.54. The number of ether oxygens (including phenoxy) is 2. The van der Waals surface area contributed by atoms with Crippen LogP contribution in [0.2, 0.25) is 0 Å². The molecule has 2 rings (SSSR count). The summed E-state index contributed by atoms with van der Waals surface area (Å²) in [4.78, 5) is 24.2. The van der Waals surface area contributed by atoms with E-state index in [-0.39, 0.29) is 30.0 Å². The largest absolute Gasteiger partial charge is 0.493 e. The summed E-state index contributed by atoms with van der Waals surface area (Å²) >= 11 is 0. The summed E-state index contributed by atoms with van der Waals surface area (Å²) in [6.45, 7) is 3.44. The van der Waals surface area contributed by atoms with Crippen molar-refractivity contribution in [2.24, 2.45) is 0 Å². The molecule has 0 spiro atoms. The summed E-state index contributed by atoms with van der Waals surface area (Å²) in [6, 6.07) is 3.47. The van der Waals surface area contributed by atoms with Crippen LogP contribution in [-0.4, -0.2) is 37.9 Å². The highest BCUT2D eigenvalue weighted by Gasteiger charge is 2.19. The van der Waals surface area contributed by atoms with Crippen LogP contribution in [0, 0.1) is 6.92 Å². The third-order valence-corrected chi connectivity index (χ3v) is 3.73. The van der Waals surface area contributed by atoms with Gasteiger partial charge in [-0.05, 0) is 31.5 Å². The van der Waals surface area contributed by atoms with E-state index in [0.717, 1.165) is 0 Å². The van der Waals surface area contributed by atoms with Crippen molar-refractivity contribution >= 4 is 16.9 Å². The standard InChI is InChI=1S/C17H21NO6/c1-9(19)8-18-14(20)7-12-10(2)11-5-6-13(22-3)16(23-4)15(11)24-17(12)21/h5-6,9,19H,7-8H2,1-4H3,(H,18,20)/t9-/m0/s1. The number of amides is 1. The molecule has 0 aliphatic rings. The SMILES string of the molecule is COc1ccc2c(C)c(CC(=O)NC[C@H](C)O)c(=O)oc2c1OC. The Balaban J connectivity index is 2.47. The van der Waals surface area contributed by atoms with Gasteiger partial charge >= 0.3 is 5.63 Å². The van der Waals surface area contributed by atoms with E-state index in [2.05, 4.69) is 5.32 Å². The maximum absolute atomic E-state index is 12.3. The molecule has 0 fully saturated rings. The molecule has 1 aromatic carbocycles. The lowest BCUT2D eigenvalue weighted by molar-refractivity contribution is -0.120. The molecule has 0 saturated heterocycles. The summed E-state index contributed by atoms with van der Waals surface area (Å²) in [5.74, 6) is 0.432. The van der Waals surface area contributed by atoms with Crippen LogP contribution in [-0.2, 0) is 11.2 Å². The second-order valence-electron chi connectivity index (χ2n) is 5.50. The molecule has 1 heterocycles. The number of fused-ring (bicyclic) bond motifs is 1. The minimum absolute atomic E-state index is 0.120. The molecule has 2 aromatic rings. The molecule has 1 aromatic heterocycles. The first-order chi connectivity index (χ1) is 11.4. The number of aliphatic hydroxyl groups is 1. The van der Waals surface area contributed by atoms with E-state index in [1.807, 2.05) is 0 Å². The topological polar surface area (TPSA) is 98.0 Å². The molecule has 1 atom stereocenters. The van der Waals surface area contributed by atoms with Gasteiger partial charge in [-0.25, -0.2) is 4.79 Å². The van der Waals surface area contributed by atoms with Gasteiger partial charge in [0.1, 0.15) is 0 Å². The van der Waals surface area contributed by atoms with Gasteiger partial charge in [0, 0.05) is 11.9 Å². The average molecular weight is 335 g/mol. The van der Waals surface area contributed by atoms with Crippen LogP contribution >= 0.6 is 0 Å². The molecule has 2 N–H and O–H groups in total. The van der Waals surface area contributed by atoms with Gasteiger partial charge in [-0.2, -0.15) is 0 Å². The van der Waals surface area contributed by atoms with Crippen molar-refractivity contribution < 1.29 is 23.8 Å². The van der Waals surface area contributed by atoms with Gasteiger partial charge in [0.15, 0.2) is 11.3 Å². The smallest absolute Gasteiger partial charge is 0.340 e. The third kappa shape index (κ3) is 3.51. The van der Waals surface area contributed by atoms with Gasteiger partial charge in [-0.15, -0.1) is 0 Å². The zero-order valence-corrected chi connectivity index (χ0v) is 14.1. The van der Waals surface area contributed by atoms with Gasteiger partial charge in [-0.3, -0.25) is 4.79 Å².